The van der Waals surface area contributed by atoms with Crippen molar-refractivity contribution < 1.29 is 33.3 Å². The Labute approximate surface area is 319 Å². The molecule has 54 heavy (non-hydrogen) atoms. The number of rotatable bonds is 24. The second kappa shape index (κ2) is 24.0. The molecular formula is C43H54N4O7. The van der Waals surface area contributed by atoms with Crippen molar-refractivity contribution >= 4 is 34.9 Å². The van der Waals surface area contributed by atoms with E-state index in [9.17, 15) is 9.59 Å². The van der Waals surface area contributed by atoms with Gasteiger partial charge in [0.2, 0.25) is 0 Å². The Kier molecular flexibility index (Phi) is 18.4. The SMILES string of the molecule is CCCCCCOc1ccc(N=Nc2ccc(OCCCCCCOCC(C)(COC(=O)Nc3ccccc3)COC(=O)Nc3ccccc3)cc2)cc1. The third kappa shape index (κ3) is 16.9. The minimum atomic E-state index is -0.763. The molecule has 0 aliphatic rings. The Balaban J connectivity index is 1.10. The van der Waals surface area contributed by atoms with E-state index in [1.807, 2.05) is 91.9 Å². The summed E-state index contributed by atoms with van der Waals surface area (Å²) in [5.41, 5.74) is 2.00. The zero-order valence-electron chi connectivity index (χ0n) is 31.5. The van der Waals surface area contributed by atoms with Crippen LogP contribution in [0.5, 0.6) is 11.5 Å². The molecule has 0 atom stereocenters. The molecule has 11 nitrogen and oxygen atoms in total. The van der Waals surface area contributed by atoms with Gasteiger partial charge in [0, 0.05) is 18.0 Å². The van der Waals surface area contributed by atoms with Crippen LogP contribution in [0.15, 0.2) is 119 Å². The molecule has 0 aromatic heterocycles. The fraction of sp³-hybridized carbons (Fsp3) is 0.395. The number of anilines is 2. The van der Waals surface area contributed by atoms with Gasteiger partial charge in [-0.1, -0.05) is 75.9 Å². The molecule has 0 saturated carbocycles. The van der Waals surface area contributed by atoms with Crippen LogP contribution in [-0.4, -0.2) is 51.8 Å². The lowest BCUT2D eigenvalue weighted by molar-refractivity contribution is -0.0227. The molecule has 0 bridgehead atoms. The van der Waals surface area contributed by atoms with Crippen molar-refractivity contribution in [3.8, 4) is 11.5 Å². The average molecular weight is 739 g/mol. The molecule has 4 rings (SSSR count). The van der Waals surface area contributed by atoms with Crippen molar-refractivity contribution in [3.05, 3.63) is 109 Å². The highest BCUT2D eigenvalue weighted by atomic mass is 16.6. The third-order valence-corrected chi connectivity index (χ3v) is 8.27. The van der Waals surface area contributed by atoms with E-state index in [0.29, 0.717) is 24.6 Å². The summed E-state index contributed by atoms with van der Waals surface area (Å²) >= 11 is 0. The molecule has 0 radical (unpaired) electrons. The van der Waals surface area contributed by atoms with E-state index in [4.69, 9.17) is 23.7 Å². The molecule has 0 aliphatic heterocycles. The Morgan fingerprint density at radius 3 is 1.41 bits per heavy atom. The lowest BCUT2D eigenvalue weighted by Crippen LogP contribution is -2.37. The number of nitrogens with one attached hydrogen (secondary N) is 2. The number of carbonyl (C=O) groups is 2. The number of carbonyl (C=O) groups excluding carboxylic acids is 2. The number of para-hydroxylation sites is 2. The van der Waals surface area contributed by atoms with E-state index in [0.717, 1.165) is 61.6 Å². The molecule has 2 N–H and O–H groups in total. The molecule has 0 aliphatic carbocycles. The van der Waals surface area contributed by atoms with Crippen LogP contribution in [0, 0.1) is 5.41 Å². The Morgan fingerprint density at radius 1 is 0.537 bits per heavy atom. The summed E-state index contributed by atoms with van der Waals surface area (Å²) in [6, 6.07) is 33.3. The van der Waals surface area contributed by atoms with Gasteiger partial charge in [-0.3, -0.25) is 10.6 Å². The largest absolute Gasteiger partial charge is 0.494 e. The van der Waals surface area contributed by atoms with Crippen LogP contribution in [-0.2, 0) is 14.2 Å². The minimum Gasteiger partial charge on any atom is -0.494 e. The van der Waals surface area contributed by atoms with Gasteiger partial charge in [0.05, 0.1) is 36.6 Å². The number of azo groups is 1. The highest BCUT2D eigenvalue weighted by Crippen LogP contribution is 2.24. The van der Waals surface area contributed by atoms with Crippen molar-refractivity contribution in [1.29, 1.82) is 0 Å². The van der Waals surface area contributed by atoms with E-state index in [-0.39, 0.29) is 19.8 Å². The molecule has 4 aromatic carbocycles. The quantitative estimate of drug-likeness (QED) is 0.0540. The van der Waals surface area contributed by atoms with Crippen molar-refractivity contribution in [2.75, 3.05) is 50.3 Å². The van der Waals surface area contributed by atoms with E-state index >= 15 is 0 Å². The van der Waals surface area contributed by atoms with Gasteiger partial charge in [-0.2, -0.15) is 10.2 Å². The Hall–Kier alpha value is -5.42. The first-order valence-corrected chi connectivity index (χ1v) is 18.8. The minimum absolute atomic E-state index is 0.00551. The first kappa shape index (κ1) is 41.3. The Morgan fingerprint density at radius 2 is 0.963 bits per heavy atom. The second-order valence-electron chi connectivity index (χ2n) is 13.4. The lowest BCUT2D eigenvalue weighted by atomic mass is 9.94. The molecule has 0 heterocycles. The first-order chi connectivity index (χ1) is 26.4. The first-order valence-electron chi connectivity index (χ1n) is 18.8. The number of amides is 2. The molecule has 11 heteroatoms. The number of hydrogen-bond acceptors (Lipinski definition) is 9. The smallest absolute Gasteiger partial charge is 0.411 e. The van der Waals surface area contributed by atoms with E-state index in [1.54, 1.807) is 24.3 Å². The number of benzene rings is 4. The standard InChI is InChI=1S/C43H54N4O7/c1-3-4-5-15-30-51-39-25-21-37(22-26-39)46-47-38-23-27-40(28-24-38)52-31-16-7-6-14-29-50-32-43(2,33-53-41(48)44-35-17-10-8-11-18-35)34-54-42(49)45-36-19-12-9-13-20-36/h8-13,17-28H,3-7,14-16,29-34H2,1-2H3,(H,44,48)(H,45,49). The van der Waals surface area contributed by atoms with Crippen LogP contribution in [0.4, 0.5) is 32.3 Å². The molecule has 2 amide bonds. The summed E-state index contributed by atoms with van der Waals surface area (Å²) in [7, 11) is 0. The molecule has 0 saturated heterocycles. The molecular weight excluding hydrogens is 684 g/mol. The maximum Gasteiger partial charge on any atom is 0.411 e. The normalized spacial score (nSPS) is 11.2. The fourth-order valence-corrected chi connectivity index (χ4v) is 5.18. The maximum absolute atomic E-state index is 12.5. The monoisotopic (exact) mass is 738 g/mol. The summed E-state index contributed by atoms with van der Waals surface area (Å²) in [5, 5.41) is 14.1. The lowest BCUT2D eigenvalue weighted by Gasteiger charge is -2.28. The van der Waals surface area contributed by atoms with Gasteiger partial charge in [-0.05, 0) is 98.5 Å². The van der Waals surface area contributed by atoms with Crippen LogP contribution in [0.2, 0.25) is 0 Å². The van der Waals surface area contributed by atoms with Crippen molar-refractivity contribution in [2.24, 2.45) is 15.6 Å². The average Bonchev–Trinajstić information content (AvgIpc) is 3.19. The van der Waals surface area contributed by atoms with Gasteiger partial charge in [0.15, 0.2) is 0 Å². The predicted molar refractivity (Wildman–Crippen MR) is 212 cm³/mol. The number of unbranched alkanes of at least 4 members (excludes halogenated alkanes) is 6. The van der Waals surface area contributed by atoms with Crippen LogP contribution < -0.4 is 20.1 Å². The van der Waals surface area contributed by atoms with Crippen LogP contribution in [0.25, 0.3) is 0 Å². The van der Waals surface area contributed by atoms with E-state index in [1.165, 1.54) is 19.3 Å². The fourth-order valence-electron chi connectivity index (χ4n) is 5.18. The van der Waals surface area contributed by atoms with Crippen LogP contribution in [0.3, 0.4) is 0 Å². The summed E-state index contributed by atoms with van der Waals surface area (Å²) in [5.74, 6) is 1.64. The molecule has 0 fully saturated rings. The zero-order chi connectivity index (χ0) is 38.1. The van der Waals surface area contributed by atoms with Gasteiger partial charge in [-0.15, -0.1) is 0 Å². The van der Waals surface area contributed by atoms with Crippen molar-refractivity contribution in [3.63, 3.8) is 0 Å². The zero-order valence-corrected chi connectivity index (χ0v) is 31.5. The number of nitrogens with zero attached hydrogens (tertiary/aromatic N) is 2. The summed E-state index contributed by atoms with van der Waals surface area (Å²) in [6.07, 6.45) is 7.26. The molecule has 0 spiro atoms. The number of hydrogen-bond donors (Lipinski definition) is 2. The van der Waals surface area contributed by atoms with Gasteiger partial charge in [0.1, 0.15) is 24.7 Å². The van der Waals surface area contributed by atoms with Crippen molar-refractivity contribution in [1.82, 2.24) is 0 Å². The van der Waals surface area contributed by atoms with Crippen LogP contribution in [0.1, 0.15) is 65.2 Å². The topological polar surface area (TPSA) is 129 Å². The van der Waals surface area contributed by atoms with Gasteiger partial charge in [0.25, 0.3) is 0 Å². The van der Waals surface area contributed by atoms with Crippen LogP contribution >= 0.6 is 0 Å². The Bertz CT molecular complexity index is 1600. The number of ether oxygens (including phenoxy) is 5. The van der Waals surface area contributed by atoms with E-state index in [2.05, 4.69) is 27.8 Å². The summed E-state index contributed by atoms with van der Waals surface area (Å²) < 4.78 is 28.7. The summed E-state index contributed by atoms with van der Waals surface area (Å²) in [4.78, 5) is 24.9. The van der Waals surface area contributed by atoms with Crippen molar-refractivity contribution in [2.45, 2.75) is 65.2 Å². The third-order valence-electron chi connectivity index (χ3n) is 8.27. The van der Waals surface area contributed by atoms with Gasteiger partial charge >= 0.3 is 12.2 Å². The highest BCUT2D eigenvalue weighted by Gasteiger charge is 2.29. The van der Waals surface area contributed by atoms with E-state index < -0.39 is 17.6 Å². The summed E-state index contributed by atoms with van der Waals surface area (Å²) in [6.45, 7) is 6.15. The molecule has 288 valence electrons. The van der Waals surface area contributed by atoms with Gasteiger partial charge in [-0.25, -0.2) is 9.59 Å². The molecule has 4 aromatic rings. The highest BCUT2D eigenvalue weighted by molar-refractivity contribution is 5.85. The predicted octanol–water partition coefficient (Wildman–Crippen LogP) is 11.5. The maximum atomic E-state index is 12.5. The van der Waals surface area contributed by atoms with Gasteiger partial charge < -0.3 is 23.7 Å². The second-order valence-corrected chi connectivity index (χ2v) is 13.4. The molecule has 0 unspecified atom stereocenters.